The molecule has 0 aromatic heterocycles. The van der Waals surface area contributed by atoms with E-state index in [0.717, 1.165) is 18.8 Å². The number of sulfonamides is 1. The highest BCUT2D eigenvalue weighted by atomic mass is 32.2. The number of rotatable bonds is 9. The maximum Gasteiger partial charge on any atom is 0.254 e. The summed E-state index contributed by atoms with van der Waals surface area (Å²) in [5, 5.41) is 2.80. The van der Waals surface area contributed by atoms with Crippen LogP contribution in [-0.2, 0) is 19.6 Å². The largest absolute Gasteiger partial charge is 0.378 e. The van der Waals surface area contributed by atoms with Crippen LogP contribution in [0.4, 0.5) is 11.4 Å². The minimum atomic E-state index is -3.65. The molecule has 2 amide bonds. The Kier molecular flexibility index (Phi) is 8.65. The van der Waals surface area contributed by atoms with Gasteiger partial charge in [-0.1, -0.05) is 6.92 Å². The van der Waals surface area contributed by atoms with Crippen molar-refractivity contribution in [3.63, 3.8) is 0 Å². The summed E-state index contributed by atoms with van der Waals surface area (Å²) in [6, 6.07) is 13.0. The summed E-state index contributed by atoms with van der Waals surface area (Å²) in [4.78, 5) is 28.7. The van der Waals surface area contributed by atoms with Crippen molar-refractivity contribution in [2.75, 3.05) is 50.1 Å². The molecule has 34 heavy (non-hydrogen) atoms. The molecule has 2 N–H and O–H groups in total. The van der Waals surface area contributed by atoms with E-state index in [4.69, 9.17) is 4.74 Å². The van der Waals surface area contributed by atoms with Gasteiger partial charge in [0.15, 0.2) is 0 Å². The summed E-state index contributed by atoms with van der Waals surface area (Å²) < 4.78 is 32.7. The monoisotopic (exact) mass is 488 g/mol. The number of ether oxygens (including phenoxy) is 1. The van der Waals surface area contributed by atoms with Crippen molar-refractivity contribution in [2.45, 2.75) is 31.2 Å². The maximum absolute atomic E-state index is 12.7. The van der Waals surface area contributed by atoms with E-state index in [1.54, 1.807) is 6.92 Å². The lowest BCUT2D eigenvalue weighted by molar-refractivity contribution is -0.116. The summed E-state index contributed by atoms with van der Waals surface area (Å²) in [6.07, 6.45) is 0.667. The van der Waals surface area contributed by atoms with Gasteiger partial charge in [-0.15, -0.1) is 0 Å². The van der Waals surface area contributed by atoms with Crippen LogP contribution in [0.25, 0.3) is 0 Å². The smallest absolute Gasteiger partial charge is 0.254 e. The lowest BCUT2D eigenvalue weighted by Crippen LogP contribution is -2.36. The average Bonchev–Trinajstić information content (AvgIpc) is 2.84. The van der Waals surface area contributed by atoms with Crippen molar-refractivity contribution in [2.24, 2.45) is 0 Å². The third kappa shape index (κ3) is 6.78. The van der Waals surface area contributed by atoms with E-state index in [9.17, 15) is 18.0 Å². The molecule has 0 spiro atoms. The van der Waals surface area contributed by atoms with Crippen molar-refractivity contribution in [1.82, 2.24) is 9.62 Å². The topological polar surface area (TPSA) is 108 Å². The van der Waals surface area contributed by atoms with Crippen molar-refractivity contribution < 1.29 is 22.7 Å². The van der Waals surface area contributed by atoms with Gasteiger partial charge in [0.1, 0.15) is 0 Å². The van der Waals surface area contributed by atoms with Crippen molar-refractivity contribution >= 4 is 33.2 Å². The fraction of sp³-hybridized carbons (Fsp3) is 0.417. The number of likely N-dealkylation sites (N-methyl/N-ethyl adjacent to an activating group) is 1. The summed E-state index contributed by atoms with van der Waals surface area (Å²) in [5.41, 5.74) is 2.01. The molecule has 0 bridgehead atoms. The fourth-order valence-electron chi connectivity index (χ4n) is 3.48. The van der Waals surface area contributed by atoms with Crippen LogP contribution in [0.1, 0.15) is 30.6 Å². The van der Waals surface area contributed by atoms with Gasteiger partial charge in [0.2, 0.25) is 15.9 Å². The molecule has 3 rings (SSSR count). The Balaban J connectivity index is 1.55. The van der Waals surface area contributed by atoms with Crippen LogP contribution in [0.3, 0.4) is 0 Å². The number of nitrogens with one attached hydrogen (secondary N) is 2. The van der Waals surface area contributed by atoms with Crippen molar-refractivity contribution in [1.29, 1.82) is 0 Å². The number of anilines is 2. The zero-order chi connectivity index (χ0) is 24.7. The van der Waals surface area contributed by atoms with Gasteiger partial charge in [0, 0.05) is 43.1 Å². The molecule has 2 aromatic carbocycles. The lowest BCUT2D eigenvalue weighted by Gasteiger charge is -2.28. The molecule has 10 heteroatoms. The van der Waals surface area contributed by atoms with Crippen molar-refractivity contribution in [3.8, 4) is 0 Å². The van der Waals surface area contributed by atoms with Crippen LogP contribution < -0.4 is 14.9 Å². The number of carbonyl (C=O) groups is 2. The molecule has 9 nitrogen and oxygen atoms in total. The van der Waals surface area contributed by atoms with E-state index >= 15 is 0 Å². The highest BCUT2D eigenvalue weighted by Gasteiger charge is 2.19. The van der Waals surface area contributed by atoms with Crippen LogP contribution in [0.2, 0.25) is 0 Å². The molecule has 1 heterocycles. The minimum absolute atomic E-state index is 0.0882. The third-order valence-corrected chi connectivity index (χ3v) is 7.24. The maximum atomic E-state index is 12.7. The summed E-state index contributed by atoms with van der Waals surface area (Å²) in [7, 11) is -2.12. The number of nitrogens with zero attached hydrogens (tertiary/aromatic N) is 2. The number of hydrogen-bond donors (Lipinski definition) is 2. The Morgan fingerprint density at radius 3 is 2.26 bits per heavy atom. The van der Waals surface area contributed by atoms with Crippen LogP contribution in [0.5, 0.6) is 0 Å². The molecule has 1 saturated heterocycles. The number of morpholine rings is 1. The zero-order valence-corrected chi connectivity index (χ0v) is 20.6. The Labute approximate surface area is 201 Å². The first-order valence-corrected chi connectivity index (χ1v) is 12.8. The zero-order valence-electron chi connectivity index (χ0n) is 19.8. The molecule has 0 aliphatic carbocycles. The SMILES string of the molecule is CCC(C)NS(=O)(=O)c1ccc(C(=O)N(C)CC(=O)Nc2ccc(N3CCOCC3)cc2)cc1. The Morgan fingerprint density at radius 1 is 1.06 bits per heavy atom. The van der Waals surface area contributed by atoms with Crippen LogP contribution in [0, 0.1) is 0 Å². The molecule has 1 fully saturated rings. The van der Waals surface area contributed by atoms with Crippen molar-refractivity contribution in [3.05, 3.63) is 54.1 Å². The third-order valence-electron chi connectivity index (χ3n) is 5.64. The van der Waals surface area contributed by atoms with E-state index < -0.39 is 10.0 Å². The number of benzene rings is 2. The molecule has 1 atom stereocenters. The number of carbonyl (C=O) groups excluding carboxylic acids is 2. The first-order chi connectivity index (χ1) is 16.2. The first-order valence-electron chi connectivity index (χ1n) is 11.3. The van der Waals surface area contributed by atoms with Gasteiger partial charge in [-0.2, -0.15) is 0 Å². The standard InChI is InChI=1S/C24H32N4O5S/c1-4-18(2)26-34(31,32)22-11-5-19(6-12-22)24(30)27(3)17-23(29)25-20-7-9-21(10-8-20)28-13-15-33-16-14-28/h5-12,18,26H,4,13-17H2,1-3H3,(H,25,29). The second-order valence-corrected chi connectivity index (χ2v) is 10.0. The van der Waals surface area contributed by atoms with E-state index in [1.807, 2.05) is 31.2 Å². The van der Waals surface area contributed by atoms with Gasteiger partial charge in [-0.05, 0) is 61.9 Å². The van der Waals surface area contributed by atoms with Crippen LogP contribution >= 0.6 is 0 Å². The van der Waals surface area contributed by atoms with Gasteiger partial charge in [-0.25, -0.2) is 13.1 Å². The lowest BCUT2D eigenvalue weighted by atomic mass is 10.2. The summed E-state index contributed by atoms with van der Waals surface area (Å²) >= 11 is 0. The molecular weight excluding hydrogens is 456 g/mol. The predicted molar refractivity (Wildman–Crippen MR) is 132 cm³/mol. The van der Waals surface area contributed by atoms with Gasteiger partial charge >= 0.3 is 0 Å². The molecule has 1 aliphatic rings. The highest BCUT2D eigenvalue weighted by Crippen LogP contribution is 2.19. The fourth-order valence-corrected chi connectivity index (χ4v) is 4.81. The summed E-state index contributed by atoms with van der Waals surface area (Å²) in [6.45, 7) is 6.60. The molecule has 0 radical (unpaired) electrons. The molecular formula is C24H32N4O5S. The van der Waals surface area contributed by atoms with Gasteiger partial charge in [-0.3, -0.25) is 9.59 Å². The number of amides is 2. The Morgan fingerprint density at radius 2 is 1.68 bits per heavy atom. The molecule has 2 aromatic rings. The van der Waals surface area contributed by atoms with Gasteiger partial charge in [0.25, 0.3) is 5.91 Å². The normalized spacial score (nSPS) is 15.0. The minimum Gasteiger partial charge on any atom is -0.378 e. The van der Waals surface area contributed by atoms with E-state index in [0.29, 0.717) is 30.9 Å². The molecule has 1 aliphatic heterocycles. The van der Waals surface area contributed by atoms with E-state index in [1.165, 1.54) is 36.2 Å². The average molecular weight is 489 g/mol. The van der Waals surface area contributed by atoms with Crippen LogP contribution in [0.15, 0.2) is 53.4 Å². The predicted octanol–water partition coefficient (Wildman–Crippen LogP) is 2.31. The highest BCUT2D eigenvalue weighted by molar-refractivity contribution is 7.89. The molecule has 1 unspecified atom stereocenters. The second kappa shape index (κ2) is 11.5. The van der Waals surface area contributed by atoms with Gasteiger partial charge < -0.3 is 19.9 Å². The summed E-state index contributed by atoms with van der Waals surface area (Å²) in [5.74, 6) is -0.705. The molecule has 0 saturated carbocycles. The first kappa shape index (κ1) is 25.7. The quantitative estimate of drug-likeness (QED) is 0.561. The van der Waals surface area contributed by atoms with E-state index in [2.05, 4.69) is 14.9 Å². The Hall–Kier alpha value is -2.95. The molecule has 184 valence electrons. The number of hydrogen-bond acceptors (Lipinski definition) is 6. The van der Waals surface area contributed by atoms with E-state index in [-0.39, 0.29) is 29.3 Å². The van der Waals surface area contributed by atoms with Gasteiger partial charge in [0.05, 0.1) is 24.7 Å². The second-order valence-electron chi connectivity index (χ2n) is 8.31. The Bertz CT molecular complexity index is 1080. The van der Waals surface area contributed by atoms with Crippen LogP contribution in [-0.4, -0.2) is 71.1 Å².